The minimum atomic E-state index is -1.03. The lowest BCUT2D eigenvalue weighted by atomic mass is 9.88. The zero-order valence-corrected chi connectivity index (χ0v) is 13.7. The number of aromatic hydroxyl groups is 2. The van der Waals surface area contributed by atoms with Crippen molar-refractivity contribution in [3.63, 3.8) is 0 Å². The van der Waals surface area contributed by atoms with Gasteiger partial charge in [0.1, 0.15) is 17.3 Å². The quantitative estimate of drug-likeness (QED) is 0.739. The molecular formula is C19H19FO4. The fourth-order valence-corrected chi connectivity index (χ4v) is 2.63. The van der Waals surface area contributed by atoms with Crippen molar-refractivity contribution in [2.75, 3.05) is 0 Å². The number of hydrogen-bond acceptors (Lipinski definition) is 3. The first-order valence-electron chi connectivity index (χ1n) is 7.44. The molecule has 0 saturated heterocycles. The smallest absolute Gasteiger partial charge is 0.307 e. The molecule has 0 bridgehead atoms. The van der Waals surface area contributed by atoms with Gasteiger partial charge < -0.3 is 15.3 Å². The molecule has 5 heteroatoms. The standard InChI is InChI=1S/C19H19FO4/c1-10-11(2)19(24)17(12(3)18(10)23)15(8-9-16(21)22)13-4-6-14(20)7-5-13/h4-8,23-24H,9H2,1-3H3,(H,21,22)/b15-8+. The molecule has 2 aromatic rings. The first-order valence-corrected chi connectivity index (χ1v) is 7.44. The zero-order valence-electron chi connectivity index (χ0n) is 13.7. The fraction of sp³-hybridized carbons (Fsp3) is 0.211. The molecular weight excluding hydrogens is 311 g/mol. The number of aliphatic carboxylic acids is 1. The molecule has 0 fully saturated rings. The Morgan fingerprint density at radius 2 is 1.54 bits per heavy atom. The Hall–Kier alpha value is -2.82. The highest BCUT2D eigenvalue weighted by atomic mass is 19.1. The van der Waals surface area contributed by atoms with Gasteiger partial charge in [-0.25, -0.2) is 4.39 Å². The summed E-state index contributed by atoms with van der Waals surface area (Å²) in [7, 11) is 0. The van der Waals surface area contributed by atoms with Crippen molar-refractivity contribution in [1.29, 1.82) is 0 Å². The lowest BCUT2D eigenvalue weighted by Gasteiger charge is -2.18. The van der Waals surface area contributed by atoms with Crippen molar-refractivity contribution < 1.29 is 24.5 Å². The SMILES string of the molecule is Cc1c(C)c(O)c(/C(=C/CC(=O)O)c2ccc(F)cc2)c(C)c1O. The first kappa shape index (κ1) is 17.5. The van der Waals surface area contributed by atoms with Crippen LogP contribution in [0.5, 0.6) is 11.5 Å². The second-order valence-corrected chi connectivity index (χ2v) is 5.67. The van der Waals surface area contributed by atoms with E-state index in [1.54, 1.807) is 20.8 Å². The van der Waals surface area contributed by atoms with E-state index in [9.17, 15) is 19.4 Å². The van der Waals surface area contributed by atoms with Crippen LogP contribution < -0.4 is 0 Å². The van der Waals surface area contributed by atoms with Crippen LogP contribution >= 0.6 is 0 Å². The van der Waals surface area contributed by atoms with Gasteiger partial charge in [0.2, 0.25) is 0 Å². The molecule has 0 heterocycles. The monoisotopic (exact) mass is 330 g/mol. The Balaban J connectivity index is 2.76. The average molecular weight is 330 g/mol. The molecule has 2 rings (SSSR count). The van der Waals surface area contributed by atoms with E-state index in [0.29, 0.717) is 33.4 Å². The van der Waals surface area contributed by atoms with Crippen molar-refractivity contribution in [2.45, 2.75) is 27.2 Å². The lowest BCUT2D eigenvalue weighted by Crippen LogP contribution is -2.00. The molecule has 24 heavy (non-hydrogen) atoms. The van der Waals surface area contributed by atoms with E-state index in [-0.39, 0.29) is 17.9 Å². The molecule has 0 spiro atoms. The van der Waals surface area contributed by atoms with Crippen molar-refractivity contribution >= 4 is 11.5 Å². The van der Waals surface area contributed by atoms with Gasteiger partial charge in [0.15, 0.2) is 0 Å². The van der Waals surface area contributed by atoms with Gasteiger partial charge in [-0.1, -0.05) is 18.2 Å². The number of hydrogen-bond donors (Lipinski definition) is 3. The molecule has 2 aromatic carbocycles. The van der Waals surface area contributed by atoms with E-state index >= 15 is 0 Å². The topological polar surface area (TPSA) is 77.8 Å². The normalized spacial score (nSPS) is 11.6. The van der Waals surface area contributed by atoms with E-state index < -0.39 is 11.8 Å². The van der Waals surface area contributed by atoms with Crippen LogP contribution in [0.2, 0.25) is 0 Å². The van der Waals surface area contributed by atoms with Gasteiger partial charge in [-0.3, -0.25) is 4.79 Å². The van der Waals surface area contributed by atoms with Crippen LogP contribution in [0.3, 0.4) is 0 Å². The van der Waals surface area contributed by atoms with Gasteiger partial charge in [-0.15, -0.1) is 0 Å². The van der Waals surface area contributed by atoms with Gasteiger partial charge in [0.25, 0.3) is 0 Å². The van der Waals surface area contributed by atoms with Crippen LogP contribution in [0.4, 0.5) is 4.39 Å². The van der Waals surface area contributed by atoms with E-state index in [0.717, 1.165) is 0 Å². The summed E-state index contributed by atoms with van der Waals surface area (Å²) >= 11 is 0. The maximum absolute atomic E-state index is 13.2. The molecule has 0 saturated carbocycles. The number of carboxylic acid groups (broad SMARTS) is 1. The van der Waals surface area contributed by atoms with Gasteiger partial charge >= 0.3 is 5.97 Å². The molecule has 0 radical (unpaired) electrons. The summed E-state index contributed by atoms with van der Waals surface area (Å²) in [6, 6.07) is 5.54. The largest absolute Gasteiger partial charge is 0.507 e. The maximum atomic E-state index is 13.2. The minimum Gasteiger partial charge on any atom is -0.507 e. The number of phenols is 2. The number of carbonyl (C=O) groups is 1. The zero-order chi connectivity index (χ0) is 18.0. The second kappa shape index (κ2) is 6.74. The first-order chi connectivity index (χ1) is 11.2. The van der Waals surface area contributed by atoms with Crippen LogP contribution in [-0.4, -0.2) is 21.3 Å². The fourth-order valence-electron chi connectivity index (χ4n) is 2.63. The van der Waals surface area contributed by atoms with Crippen LogP contribution in [0.15, 0.2) is 30.3 Å². The lowest BCUT2D eigenvalue weighted by molar-refractivity contribution is -0.135. The summed E-state index contributed by atoms with van der Waals surface area (Å²) in [6.45, 7) is 5.02. The van der Waals surface area contributed by atoms with E-state index in [1.165, 1.54) is 30.3 Å². The van der Waals surface area contributed by atoms with Crippen LogP contribution in [0.25, 0.3) is 5.57 Å². The van der Waals surface area contributed by atoms with Crippen molar-refractivity contribution in [3.05, 3.63) is 64.0 Å². The third kappa shape index (κ3) is 3.25. The molecule has 3 N–H and O–H groups in total. The highest BCUT2D eigenvalue weighted by molar-refractivity contribution is 5.88. The predicted molar refractivity (Wildman–Crippen MR) is 89.7 cm³/mol. The van der Waals surface area contributed by atoms with Crippen LogP contribution in [0.1, 0.15) is 34.2 Å². The van der Waals surface area contributed by atoms with E-state index in [2.05, 4.69) is 0 Å². The molecule has 4 nitrogen and oxygen atoms in total. The minimum absolute atomic E-state index is 0.0243. The number of carboxylic acids is 1. The average Bonchev–Trinajstić information content (AvgIpc) is 2.55. The van der Waals surface area contributed by atoms with Gasteiger partial charge in [-0.2, -0.15) is 0 Å². The third-order valence-electron chi connectivity index (χ3n) is 4.15. The molecule has 126 valence electrons. The van der Waals surface area contributed by atoms with Gasteiger partial charge in [0, 0.05) is 11.1 Å². The predicted octanol–water partition coefficient (Wildman–Crippen LogP) is 4.07. The van der Waals surface area contributed by atoms with Gasteiger partial charge in [0.05, 0.1) is 6.42 Å². The molecule has 0 atom stereocenters. The third-order valence-corrected chi connectivity index (χ3v) is 4.15. The Morgan fingerprint density at radius 3 is 2.08 bits per heavy atom. The van der Waals surface area contributed by atoms with Crippen molar-refractivity contribution in [1.82, 2.24) is 0 Å². The highest BCUT2D eigenvalue weighted by Gasteiger charge is 2.20. The molecule has 0 aromatic heterocycles. The molecule has 0 unspecified atom stereocenters. The van der Waals surface area contributed by atoms with E-state index in [4.69, 9.17) is 5.11 Å². The molecule has 0 aliphatic carbocycles. The summed E-state index contributed by atoms with van der Waals surface area (Å²) in [4.78, 5) is 11.0. The Kier molecular flexibility index (Phi) is 4.93. The van der Waals surface area contributed by atoms with E-state index in [1.807, 2.05) is 0 Å². The Morgan fingerprint density at radius 1 is 1.00 bits per heavy atom. The van der Waals surface area contributed by atoms with Crippen molar-refractivity contribution in [3.8, 4) is 11.5 Å². The molecule has 0 aliphatic rings. The number of halogens is 1. The summed E-state index contributed by atoms with van der Waals surface area (Å²) in [6.07, 6.45) is 1.19. The van der Waals surface area contributed by atoms with Crippen LogP contribution in [-0.2, 0) is 4.79 Å². The maximum Gasteiger partial charge on any atom is 0.307 e. The van der Waals surface area contributed by atoms with Crippen LogP contribution in [0, 0.1) is 26.6 Å². The Bertz CT molecular complexity index is 791. The van der Waals surface area contributed by atoms with Gasteiger partial charge in [-0.05, 0) is 55.2 Å². The number of rotatable bonds is 4. The molecule has 0 amide bonds. The summed E-state index contributed by atoms with van der Waals surface area (Å²) in [5.41, 5.74) is 2.85. The number of phenolic OH excluding ortho intramolecular Hbond substituents is 2. The highest BCUT2D eigenvalue weighted by Crippen LogP contribution is 2.42. The molecule has 0 aliphatic heterocycles. The summed E-state index contributed by atoms with van der Waals surface area (Å²) in [5.74, 6) is -1.42. The Labute approximate surface area is 139 Å². The second-order valence-electron chi connectivity index (χ2n) is 5.67. The number of benzene rings is 2. The van der Waals surface area contributed by atoms with Crippen molar-refractivity contribution in [2.24, 2.45) is 0 Å². The summed E-state index contributed by atoms with van der Waals surface area (Å²) in [5, 5.41) is 29.8. The summed E-state index contributed by atoms with van der Waals surface area (Å²) < 4.78 is 13.2.